The van der Waals surface area contributed by atoms with Crippen molar-refractivity contribution in [1.82, 2.24) is 0 Å². The maximum absolute atomic E-state index is 12.6. The number of rotatable bonds is 3. The maximum atomic E-state index is 12.6. The molecule has 1 unspecified atom stereocenters. The zero-order valence-electron chi connectivity index (χ0n) is 11.9. The number of fused-ring (bicyclic) bond motifs is 1. The molecule has 2 heterocycles. The summed E-state index contributed by atoms with van der Waals surface area (Å²) in [6.45, 7) is 0.471. The second-order valence-electron chi connectivity index (χ2n) is 5.10. The third kappa shape index (κ3) is 2.86. The Morgan fingerprint density at radius 3 is 2.86 bits per heavy atom. The maximum Gasteiger partial charge on any atom is 0.232 e. The molecule has 1 aromatic heterocycles. The minimum Gasteiger partial charge on any atom is -0.493 e. The van der Waals surface area contributed by atoms with E-state index in [4.69, 9.17) is 4.74 Å². The van der Waals surface area contributed by atoms with Gasteiger partial charge in [-0.05, 0) is 23.9 Å². The van der Waals surface area contributed by atoms with Crippen molar-refractivity contribution in [2.75, 3.05) is 18.2 Å². The van der Waals surface area contributed by atoms with Crippen LogP contribution in [0.15, 0.2) is 40.6 Å². The molecule has 1 N–H and O–H groups in total. The first-order chi connectivity index (χ1) is 10.5. The van der Waals surface area contributed by atoms with Gasteiger partial charge in [-0.2, -0.15) is 0 Å². The number of ether oxygens (including phenoxy) is 1. The molecule has 3 rings (SSSR count). The number of nitrogens with one attached hydrogen (secondary N) is 1. The highest BCUT2D eigenvalue weighted by molar-refractivity contribution is 7.91. The molecule has 0 bridgehead atoms. The monoisotopic (exact) mass is 337 g/mol. The lowest BCUT2D eigenvalue weighted by Gasteiger charge is -2.24. The summed E-state index contributed by atoms with van der Waals surface area (Å²) in [6, 6.07) is 8.93. The minimum absolute atomic E-state index is 0.159. The van der Waals surface area contributed by atoms with Gasteiger partial charge < -0.3 is 10.1 Å². The normalized spacial score (nSPS) is 17.4. The fourth-order valence-corrected chi connectivity index (χ4v) is 4.57. The van der Waals surface area contributed by atoms with Crippen LogP contribution < -0.4 is 10.1 Å². The standard InChI is InChI=1S/C15H15NO4S2/c1-22(18,19)13-7-9-21-15(13)16-14(17)11-6-8-20-12-5-3-2-4-10(11)12/h2-5,7,9,11H,6,8H2,1H3,(H,16,17). The van der Waals surface area contributed by atoms with Gasteiger partial charge in [0.05, 0.1) is 12.5 Å². The van der Waals surface area contributed by atoms with Gasteiger partial charge in [0.25, 0.3) is 0 Å². The lowest BCUT2D eigenvalue weighted by Crippen LogP contribution is -2.26. The van der Waals surface area contributed by atoms with E-state index in [1.54, 1.807) is 5.38 Å². The summed E-state index contributed by atoms with van der Waals surface area (Å²) in [5.41, 5.74) is 0.837. The quantitative estimate of drug-likeness (QED) is 0.934. The molecule has 0 saturated carbocycles. The SMILES string of the molecule is CS(=O)(=O)c1ccsc1NC(=O)C1CCOc2ccccc21. The van der Waals surface area contributed by atoms with Crippen LogP contribution >= 0.6 is 11.3 Å². The van der Waals surface area contributed by atoms with Gasteiger partial charge in [-0.15, -0.1) is 11.3 Å². The summed E-state index contributed by atoms with van der Waals surface area (Å²) in [5, 5.41) is 4.78. The van der Waals surface area contributed by atoms with Crippen molar-refractivity contribution < 1.29 is 17.9 Å². The Hall–Kier alpha value is -1.86. The summed E-state index contributed by atoms with van der Waals surface area (Å²) in [7, 11) is -3.36. The van der Waals surface area contributed by atoms with Crippen molar-refractivity contribution in [3.63, 3.8) is 0 Å². The molecule has 0 spiro atoms. The van der Waals surface area contributed by atoms with E-state index in [1.165, 1.54) is 17.4 Å². The van der Waals surface area contributed by atoms with E-state index in [0.717, 1.165) is 11.8 Å². The molecule has 1 amide bonds. The van der Waals surface area contributed by atoms with Crippen LogP contribution in [0.3, 0.4) is 0 Å². The molecular formula is C15H15NO4S2. The Morgan fingerprint density at radius 2 is 2.09 bits per heavy atom. The van der Waals surface area contributed by atoms with Crippen molar-refractivity contribution in [3.8, 4) is 5.75 Å². The van der Waals surface area contributed by atoms with Crippen molar-refractivity contribution in [2.45, 2.75) is 17.2 Å². The molecule has 0 radical (unpaired) electrons. The molecule has 0 fully saturated rings. The zero-order chi connectivity index (χ0) is 15.7. The molecule has 7 heteroatoms. The van der Waals surface area contributed by atoms with E-state index in [2.05, 4.69) is 5.32 Å². The van der Waals surface area contributed by atoms with E-state index >= 15 is 0 Å². The molecule has 0 aliphatic carbocycles. The number of thiophene rings is 1. The third-order valence-corrected chi connectivity index (χ3v) is 5.64. The second kappa shape index (κ2) is 5.73. The predicted molar refractivity (Wildman–Crippen MR) is 85.4 cm³/mol. The topological polar surface area (TPSA) is 72.5 Å². The molecular weight excluding hydrogens is 322 g/mol. The molecule has 5 nitrogen and oxygen atoms in total. The van der Waals surface area contributed by atoms with Gasteiger partial charge in [-0.1, -0.05) is 18.2 Å². The third-order valence-electron chi connectivity index (χ3n) is 3.54. The second-order valence-corrected chi connectivity index (χ2v) is 8.00. The molecule has 1 aromatic carbocycles. The highest BCUT2D eigenvalue weighted by atomic mass is 32.2. The summed E-state index contributed by atoms with van der Waals surface area (Å²) < 4.78 is 29.0. The van der Waals surface area contributed by atoms with Crippen molar-refractivity contribution in [3.05, 3.63) is 41.3 Å². The summed E-state index contributed by atoms with van der Waals surface area (Å²) in [4.78, 5) is 12.7. The smallest absolute Gasteiger partial charge is 0.232 e. The van der Waals surface area contributed by atoms with Crippen molar-refractivity contribution >= 4 is 32.1 Å². The molecule has 1 aliphatic heterocycles. The molecule has 116 valence electrons. The number of hydrogen-bond donors (Lipinski definition) is 1. The number of sulfone groups is 1. The van der Waals surface area contributed by atoms with E-state index < -0.39 is 9.84 Å². The highest BCUT2D eigenvalue weighted by Crippen LogP contribution is 2.35. The number of benzene rings is 1. The predicted octanol–water partition coefficient (Wildman–Crippen LogP) is 2.66. The minimum atomic E-state index is -3.36. The Bertz CT molecular complexity index is 810. The average Bonchev–Trinajstić information content (AvgIpc) is 2.95. The number of amides is 1. The molecule has 2 aromatic rings. The lowest BCUT2D eigenvalue weighted by molar-refractivity contribution is -0.118. The number of carbonyl (C=O) groups excluding carboxylic acids is 1. The number of anilines is 1. The van der Waals surface area contributed by atoms with Crippen LogP contribution in [0.5, 0.6) is 5.75 Å². The highest BCUT2D eigenvalue weighted by Gasteiger charge is 2.28. The number of para-hydroxylation sites is 1. The van der Waals surface area contributed by atoms with Gasteiger partial charge >= 0.3 is 0 Å². The molecule has 1 aliphatic rings. The molecule has 1 atom stereocenters. The first kappa shape index (κ1) is 15.1. The zero-order valence-corrected chi connectivity index (χ0v) is 13.5. The molecule has 0 saturated heterocycles. The number of carbonyl (C=O) groups is 1. The van der Waals surface area contributed by atoms with Crippen LogP contribution in [-0.4, -0.2) is 27.2 Å². The number of hydrogen-bond acceptors (Lipinski definition) is 5. The Morgan fingerprint density at radius 1 is 1.32 bits per heavy atom. The molecule has 22 heavy (non-hydrogen) atoms. The Kier molecular flexibility index (Phi) is 3.92. The summed E-state index contributed by atoms with van der Waals surface area (Å²) in [5.74, 6) is 0.172. The van der Waals surface area contributed by atoms with Crippen LogP contribution in [0.2, 0.25) is 0 Å². The Labute approximate surface area is 132 Å². The van der Waals surface area contributed by atoms with Crippen LogP contribution in [0.25, 0.3) is 0 Å². The fourth-order valence-electron chi connectivity index (χ4n) is 2.49. The van der Waals surface area contributed by atoms with Crippen LogP contribution in [-0.2, 0) is 14.6 Å². The summed E-state index contributed by atoms with van der Waals surface area (Å²) >= 11 is 1.21. The van der Waals surface area contributed by atoms with E-state index in [0.29, 0.717) is 23.8 Å². The van der Waals surface area contributed by atoms with E-state index in [1.807, 2.05) is 24.3 Å². The van der Waals surface area contributed by atoms with Crippen LogP contribution in [0.4, 0.5) is 5.00 Å². The lowest BCUT2D eigenvalue weighted by atomic mass is 9.92. The fraction of sp³-hybridized carbons (Fsp3) is 0.267. The average molecular weight is 337 g/mol. The van der Waals surface area contributed by atoms with Gasteiger partial charge in [-0.3, -0.25) is 4.79 Å². The van der Waals surface area contributed by atoms with Crippen molar-refractivity contribution in [2.24, 2.45) is 0 Å². The van der Waals surface area contributed by atoms with Gasteiger partial charge in [0, 0.05) is 11.8 Å². The van der Waals surface area contributed by atoms with Gasteiger partial charge in [0.2, 0.25) is 5.91 Å². The first-order valence-corrected chi connectivity index (χ1v) is 9.54. The first-order valence-electron chi connectivity index (χ1n) is 6.77. The van der Waals surface area contributed by atoms with Crippen LogP contribution in [0, 0.1) is 0 Å². The van der Waals surface area contributed by atoms with E-state index in [-0.39, 0.29) is 16.7 Å². The van der Waals surface area contributed by atoms with Gasteiger partial charge in [0.15, 0.2) is 9.84 Å². The van der Waals surface area contributed by atoms with Crippen LogP contribution in [0.1, 0.15) is 17.9 Å². The van der Waals surface area contributed by atoms with Crippen molar-refractivity contribution in [1.29, 1.82) is 0 Å². The van der Waals surface area contributed by atoms with Gasteiger partial charge in [0.1, 0.15) is 15.6 Å². The summed E-state index contributed by atoms with van der Waals surface area (Å²) in [6.07, 6.45) is 1.71. The van der Waals surface area contributed by atoms with Gasteiger partial charge in [-0.25, -0.2) is 8.42 Å². The Balaban J connectivity index is 1.87. The largest absolute Gasteiger partial charge is 0.493 e. The van der Waals surface area contributed by atoms with E-state index in [9.17, 15) is 13.2 Å².